The number of sulfone groups is 2. The molecule has 0 aromatic heterocycles. The average Bonchev–Trinajstić information content (AvgIpc) is 3.20. The zero-order chi connectivity index (χ0) is 30.0. The number of hydrogen-bond donors (Lipinski definition) is 1. The van der Waals surface area contributed by atoms with Crippen LogP contribution in [0.2, 0.25) is 0 Å². The van der Waals surface area contributed by atoms with E-state index in [9.17, 15) is 43.2 Å². The lowest BCUT2D eigenvalue weighted by Gasteiger charge is -2.28. The van der Waals surface area contributed by atoms with Gasteiger partial charge in [0.1, 0.15) is 4.91 Å². The van der Waals surface area contributed by atoms with Crippen LogP contribution in [0.4, 0.5) is 26.3 Å². The number of hydrogen-bond acceptors (Lipinski definition) is 5. The van der Waals surface area contributed by atoms with Crippen molar-refractivity contribution in [3.05, 3.63) is 56.9 Å². The molecule has 2 aliphatic rings. The lowest BCUT2D eigenvalue weighted by atomic mass is 9.95. The summed E-state index contributed by atoms with van der Waals surface area (Å²) in [6.45, 7) is 7.13. The van der Waals surface area contributed by atoms with Crippen LogP contribution in [0, 0.1) is 5.41 Å². The van der Waals surface area contributed by atoms with E-state index in [-0.39, 0.29) is 22.8 Å². The van der Waals surface area contributed by atoms with Crippen LogP contribution >= 0.6 is 0 Å². The van der Waals surface area contributed by atoms with E-state index in [0.717, 1.165) is 6.08 Å². The summed E-state index contributed by atoms with van der Waals surface area (Å²) in [4.78, 5) is -4.38. The number of allylic oxidation sites excluding steroid dienone is 4. The summed E-state index contributed by atoms with van der Waals surface area (Å²) in [5, 5.41) is 7.82. The molecule has 14 heteroatoms. The van der Waals surface area contributed by atoms with Gasteiger partial charge in [-0.25, -0.2) is 16.8 Å². The Morgan fingerprint density at radius 3 is 1.87 bits per heavy atom. The number of unbranched alkanes of at least 4 members (excludes halogenated alkanes) is 3. The molecule has 0 saturated heterocycles. The molecule has 0 heterocycles. The molecule has 0 fully saturated rings. The Hall–Kier alpha value is -2.45. The van der Waals surface area contributed by atoms with Gasteiger partial charge in [0.05, 0.1) is 37.8 Å². The molecule has 0 amide bonds. The van der Waals surface area contributed by atoms with E-state index in [2.05, 4.69) is 27.9 Å². The maximum absolute atomic E-state index is 13.0. The molecule has 2 aliphatic carbocycles. The fourth-order valence-corrected chi connectivity index (χ4v) is 6.34. The second-order valence-electron chi connectivity index (χ2n) is 9.71. The molecule has 0 atom stereocenters. The molecule has 3 rings (SSSR count). The predicted octanol–water partition coefficient (Wildman–Crippen LogP) is 6.24. The Balaban J connectivity index is 0.000000411. The van der Waals surface area contributed by atoms with Crippen molar-refractivity contribution in [1.82, 2.24) is 0 Å². The molecule has 1 N–H and O–H groups in total. The average molecular weight is 602 g/mol. The van der Waals surface area contributed by atoms with E-state index in [1.807, 2.05) is 0 Å². The van der Waals surface area contributed by atoms with Crippen LogP contribution in [-0.2, 0) is 19.7 Å². The summed E-state index contributed by atoms with van der Waals surface area (Å²) in [5.41, 5.74) is -13.9. The van der Waals surface area contributed by atoms with Gasteiger partial charge in [0, 0.05) is 5.57 Å². The van der Waals surface area contributed by atoms with Crippen molar-refractivity contribution < 1.29 is 47.7 Å². The Morgan fingerprint density at radius 1 is 0.795 bits per heavy atom. The van der Waals surface area contributed by atoms with Crippen LogP contribution in [0.5, 0.6) is 0 Å². The number of fused-ring (bicyclic) bond motifs is 3. The topological polar surface area (TPSA) is 92.1 Å². The summed E-state index contributed by atoms with van der Waals surface area (Å²) in [5.74, 6) is 0. The van der Waals surface area contributed by atoms with Crippen molar-refractivity contribution >= 4 is 37.0 Å². The smallest absolute Gasteiger partial charge is 0.329 e. The highest BCUT2D eigenvalue weighted by atomic mass is 32.2. The molecular formula is C25H31F6N2O4S2+. The minimum Gasteiger partial charge on any atom is -0.329 e. The third-order valence-corrected chi connectivity index (χ3v) is 9.69. The van der Waals surface area contributed by atoms with Gasteiger partial charge in [-0.3, -0.25) is 5.41 Å². The van der Waals surface area contributed by atoms with Gasteiger partial charge in [-0.1, -0.05) is 44.0 Å². The van der Waals surface area contributed by atoms with Gasteiger partial charge in [0.2, 0.25) is 0 Å². The van der Waals surface area contributed by atoms with Gasteiger partial charge in [-0.05, 0) is 48.6 Å². The molecule has 0 spiro atoms. The van der Waals surface area contributed by atoms with Gasteiger partial charge in [-0.2, -0.15) is 26.3 Å². The second kappa shape index (κ2) is 11.6. The fourth-order valence-electron chi connectivity index (χ4n) is 3.88. The summed E-state index contributed by atoms with van der Waals surface area (Å²) in [6.07, 6.45) is 6.89. The van der Waals surface area contributed by atoms with E-state index < -0.39 is 51.8 Å². The lowest BCUT2D eigenvalue weighted by Crippen LogP contribution is -2.39. The highest BCUT2D eigenvalue weighted by Gasteiger charge is 2.57. The van der Waals surface area contributed by atoms with Gasteiger partial charge >= 0.3 is 11.0 Å². The van der Waals surface area contributed by atoms with Crippen LogP contribution in [0.15, 0.2) is 45.7 Å². The number of quaternary nitrogens is 1. The largest absolute Gasteiger partial charge is 0.502 e. The number of nitrogens with one attached hydrogen (secondary N) is 1. The zero-order valence-electron chi connectivity index (χ0n) is 21.9. The molecule has 0 bridgehead atoms. The molecule has 0 radical (unpaired) electrons. The van der Waals surface area contributed by atoms with Crippen molar-refractivity contribution in [2.24, 2.45) is 0 Å². The molecule has 6 nitrogen and oxygen atoms in total. The van der Waals surface area contributed by atoms with Crippen molar-refractivity contribution in [3.8, 4) is 0 Å². The molecule has 39 heavy (non-hydrogen) atoms. The Morgan fingerprint density at radius 2 is 1.36 bits per heavy atom. The number of benzene rings is 1. The third kappa shape index (κ3) is 6.83. The van der Waals surface area contributed by atoms with Gasteiger partial charge < -0.3 is 4.48 Å². The second-order valence-corrected chi connectivity index (χ2v) is 13.5. The highest BCUT2D eigenvalue weighted by Crippen LogP contribution is 2.47. The maximum atomic E-state index is 13.0. The zero-order valence-corrected chi connectivity index (χ0v) is 23.5. The van der Waals surface area contributed by atoms with Gasteiger partial charge in [-0.15, -0.1) is 0 Å². The van der Waals surface area contributed by atoms with Crippen LogP contribution in [0.25, 0.3) is 11.6 Å². The monoisotopic (exact) mass is 601 g/mol. The standard InChI is InChI=1S/C15H7F6NO4S2.C10H24N/c16-14(17,18)27(23,24)11-6-9-8-4-2-1-3-7(8)5-10(9)12(22)13(11)28(25,26)15(19,20)21;1-5-7-8-9-10-11(3,4)6-2/h1-6,22H;5-10H2,1-4H3/q;+1. The van der Waals surface area contributed by atoms with Crippen molar-refractivity contribution in [2.45, 2.75) is 50.5 Å². The Kier molecular flexibility index (Phi) is 9.72. The highest BCUT2D eigenvalue weighted by molar-refractivity contribution is 8.00. The van der Waals surface area contributed by atoms with Crippen LogP contribution in [-0.4, -0.2) is 65.2 Å². The molecule has 0 aliphatic heterocycles. The van der Waals surface area contributed by atoms with E-state index in [1.54, 1.807) is 0 Å². The fraction of sp³-hybridized carbons (Fsp3) is 0.480. The summed E-state index contributed by atoms with van der Waals surface area (Å²) in [6, 6.07) is 5.69. The summed E-state index contributed by atoms with van der Waals surface area (Å²) in [7, 11) is -8.46. The summed E-state index contributed by atoms with van der Waals surface area (Å²) >= 11 is 0. The number of nitrogens with zero attached hydrogens (tertiary/aromatic N) is 1. The van der Waals surface area contributed by atoms with Crippen molar-refractivity contribution in [3.63, 3.8) is 0 Å². The maximum Gasteiger partial charge on any atom is 0.502 e. The number of halogens is 6. The first kappa shape index (κ1) is 32.8. The van der Waals surface area contributed by atoms with Crippen LogP contribution in [0.1, 0.15) is 50.7 Å². The van der Waals surface area contributed by atoms with E-state index in [1.165, 1.54) is 67.5 Å². The molecule has 218 valence electrons. The van der Waals surface area contributed by atoms with Crippen molar-refractivity contribution in [1.29, 1.82) is 5.41 Å². The Labute approximate surface area is 224 Å². The Bertz CT molecular complexity index is 1420. The number of rotatable bonds is 8. The van der Waals surface area contributed by atoms with Crippen molar-refractivity contribution in [2.75, 3.05) is 27.2 Å². The van der Waals surface area contributed by atoms with Crippen LogP contribution < -0.4 is 0 Å². The normalized spacial score (nSPS) is 16.2. The first-order valence-corrected chi connectivity index (χ1v) is 15.0. The first-order valence-electron chi connectivity index (χ1n) is 12.0. The molecule has 0 unspecified atom stereocenters. The van der Waals surface area contributed by atoms with E-state index in [0.29, 0.717) is 0 Å². The SMILES string of the molecule is CCCCCC[N+](C)(C)CC.N=C1C2=Cc3ccccc3C2=CC(S(=O)(=O)C(F)(F)F)=C1S(=O)(=O)C(F)(F)F. The quantitative estimate of drug-likeness (QED) is 0.217. The summed E-state index contributed by atoms with van der Waals surface area (Å²) < 4.78 is 127. The predicted molar refractivity (Wildman–Crippen MR) is 139 cm³/mol. The molecule has 0 saturated carbocycles. The first-order chi connectivity index (χ1) is 17.7. The van der Waals surface area contributed by atoms with Gasteiger partial charge in [0.25, 0.3) is 19.7 Å². The number of alkyl halides is 6. The molecule has 1 aromatic carbocycles. The lowest BCUT2D eigenvalue weighted by molar-refractivity contribution is -0.888. The van der Waals surface area contributed by atoms with Crippen LogP contribution in [0.3, 0.4) is 0 Å². The molecule has 1 aromatic rings. The molecular weight excluding hydrogens is 570 g/mol. The van der Waals surface area contributed by atoms with E-state index in [4.69, 9.17) is 5.41 Å². The third-order valence-electron chi connectivity index (χ3n) is 6.48. The van der Waals surface area contributed by atoms with Gasteiger partial charge in [0.15, 0.2) is 0 Å². The minimum absolute atomic E-state index is 0.153. The van der Waals surface area contributed by atoms with E-state index >= 15 is 0 Å². The minimum atomic E-state index is -6.58.